The van der Waals surface area contributed by atoms with E-state index in [1.807, 2.05) is 0 Å². The van der Waals surface area contributed by atoms with E-state index < -0.39 is 30.2 Å². The van der Waals surface area contributed by atoms with Gasteiger partial charge < -0.3 is 14.9 Å². The number of terminal acetylenes is 1. The van der Waals surface area contributed by atoms with E-state index in [0.29, 0.717) is 5.82 Å². The molecule has 3 atom stereocenters. The SMILES string of the molecule is C#C[C@]1(CO)O[C@@H](n2ccc(-n3cncn3)nc2=O)CC1O. The zero-order chi connectivity index (χ0) is 15.7. The molecule has 0 aliphatic carbocycles. The number of aliphatic hydroxyl groups excluding tert-OH is 2. The summed E-state index contributed by atoms with van der Waals surface area (Å²) < 4.78 is 8.06. The second kappa shape index (κ2) is 5.34. The first kappa shape index (κ1) is 14.4. The van der Waals surface area contributed by atoms with Crippen LogP contribution in [-0.2, 0) is 4.74 Å². The topological polar surface area (TPSA) is 115 Å². The van der Waals surface area contributed by atoms with Gasteiger partial charge in [0.25, 0.3) is 0 Å². The standard InChI is InChI=1S/C13H13N5O4/c1-2-13(6-19)9(20)5-11(22-13)17-4-3-10(16-12(17)21)18-8-14-7-15-18/h1,3-4,7-9,11,19-20H,5-6H2/t9?,11-,13-/m1/s1. The van der Waals surface area contributed by atoms with Crippen LogP contribution >= 0.6 is 0 Å². The summed E-state index contributed by atoms with van der Waals surface area (Å²) in [5.41, 5.74) is -2.09. The van der Waals surface area contributed by atoms with E-state index in [1.165, 1.54) is 28.1 Å². The molecular weight excluding hydrogens is 290 g/mol. The first-order valence-electron chi connectivity index (χ1n) is 6.48. The van der Waals surface area contributed by atoms with Gasteiger partial charge in [-0.2, -0.15) is 10.1 Å². The van der Waals surface area contributed by atoms with Gasteiger partial charge >= 0.3 is 5.69 Å². The molecule has 9 heteroatoms. The molecule has 1 aliphatic rings. The number of aliphatic hydroxyl groups is 2. The molecule has 0 saturated carbocycles. The number of hydrogen-bond donors (Lipinski definition) is 2. The van der Waals surface area contributed by atoms with E-state index in [-0.39, 0.29) is 6.42 Å². The van der Waals surface area contributed by atoms with Crippen LogP contribution in [-0.4, -0.2) is 52.8 Å². The number of nitrogens with zero attached hydrogens (tertiary/aromatic N) is 5. The first-order valence-corrected chi connectivity index (χ1v) is 6.48. The molecule has 0 bridgehead atoms. The van der Waals surface area contributed by atoms with Crippen LogP contribution in [0.15, 0.2) is 29.7 Å². The molecule has 2 aromatic rings. The summed E-state index contributed by atoms with van der Waals surface area (Å²) in [7, 11) is 0. The van der Waals surface area contributed by atoms with Crippen molar-refractivity contribution in [3.8, 4) is 18.2 Å². The smallest absolute Gasteiger partial charge is 0.351 e. The average molecular weight is 303 g/mol. The molecule has 0 radical (unpaired) electrons. The van der Waals surface area contributed by atoms with Crippen LogP contribution < -0.4 is 5.69 Å². The van der Waals surface area contributed by atoms with Crippen LogP contribution in [0.3, 0.4) is 0 Å². The highest BCUT2D eigenvalue weighted by Gasteiger charge is 2.47. The van der Waals surface area contributed by atoms with Gasteiger partial charge in [0, 0.05) is 12.6 Å². The van der Waals surface area contributed by atoms with Crippen molar-refractivity contribution in [2.75, 3.05) is 6.61 Å². The van der Waals surface area contributed by atoms with Crippen molar-refractivity contribution in [1.82, 2.24) is 24.3 Å². The van der Waals surface area contributed by atoms with Crippen molar-refractivity contribution in [2.45, 2.75) is 24.4 Å². The van der Waals surface area contributed by atoms with Crippen molar-refractivity contribution in [3.05, 3.63) is 35.4 Å². The van der Waals surface area contributed by atoms with E-state index in [4.69, 9.17) is 11.2 Å². The third-order valence-corrected chi connectivity index (χ3v) is 3.57. The normalized spacial score (nSPS) is 27.7. The van der Waals surface area contributed by atoms with Crippen LogP contribution in [0.1, 0.15) is 12.6 Å². The number of rotatable bonds is 3. The summed E-state index contributed by atoms with van der Waals surface area (Å²) in [5.74, 6) is 2.56. The van der Waals surface area contributed by atoms with E-state index in [2.05, 4.69) is 21.0 Å². The lowest BCUT2D eigenvalue weighted by Crippen LogP contribution is -2.41. The highest BCUT2D eigenvalue weighted by molar-refractivity contribution is 5.18. The van der Waals surface area contributed by atoms with Gasteiger partial charge in [-0.3, -0.25) is 4.57 Å². The second-order valence-electron chi connectivity index (χ2n) is 4.83. The van der Waals surface area contributed by atoms with Crippen LogP contribution in [0.25, 0.3) is 5.82 Å². The monoisotopic (exact) mass is 303 g/mol. The van der Waals surface area contributed by atoms with E-state index >= 15 is 0 Å². The Morgan fingerprint density at radius 3 is 2.95 bits per heavy atom. The van der Waals surface area contributed by atoms with Crippen molar-refractivity contribution in [3.63, 3.8) is 0 Å². The maximum atomic E-state index is 12.1. The van der Waals surface area contributed by atoms with E-state index in [1.54, 1.807) is 6.07 Å². The Kier molecular flexibility index (Phi) is 3.50. The Morgan fingerprint density at radius 1 is 1.59 bits per heavy atom. The molecule has 9 nitrogen and oxygen atoms in total. The predicted octanol–water partition coefficient (Wildman–Crippen LogP) is -1.53. The summed E-state index contributed by atoms with van der Waals surface area (Å²) in [5, 5.41) is 23.2. The third-order valence-electron chi connectivity index (χ3n) is 3.57. The van der Waals surface area contributed by atoms with Gasteiger partial charge in [-0.05, 0) is 6.07 Å². The summed E-state index contributed by atoms with van der Waals surface area (Å²) in [4.78, 5) is 19.8. The molecule has 1 saturated heterocycles. The fraction of sp³-hybridized carbons (Fsp3) is 0.385. The maximum Gasteiger partial charge on any atom is 0.351 e. The molecule has 22 heavy (non-hydrogen) atoms. The fourth-order valence-electron chi connectivity index (χ4n) is 2.32. The van der Waals surface area contributed by atoms with Crippen LogP contribution in [0, 0.1) is 12.3 Å². The van der Waals surface area contributed by atoms with Gasteiger partial charge in [-0.1, -0.05) is 5.92 Å². The Hall–Kier alpha value is -2.54. The molecular formula is C13H13N5O4. The van der Waals surface area contributed by atoms with Gasteiger partial charge in [0.15, 0.2) is 11.4 Å². The lowest BCUT2D eigenvalue weighted by atomic mass is 9.99. The van der Waals surface area contributed by atoms with Crippen molar-refractivity contribution < 1.29 is 14.9 Å². The van der Waals surface area contributed by atoms with Crippen molar-refractivity contribution in [1.29, 1.82) is 0 Å². The minimum atomic E-state index is -1.51. The molecule has 0 spiro atoms. The third kappa shape index (κ3) is 2.19. The van der Waals surface area contributed by atoms with Crippen LogP contribution in [0.4, 0.5) is 0 Å². The summed E-state index contributed by atoms with van der Waals surface area (Å²) in [6.07, 6.45) is 7.73. The zero-order valence-corrected chi connectivity index (χ0v) is 11.4. The minimum absolute atomic E-state index is 0.0784. The predicted molar refractivity (Wildman–Crippen MR) is 72.8 cm³/mol. The van der Waals surface area contributed by atoms with Crippen LogP contribution in [0.2, 0.25) is 0 Å². The summed E-state index contributed by atoms with van der Waals surface area (Å²) in [6.45, 7) is -0.541. The molecule has 114 valence electrons. The van der Waals surface area contributed by atoms with Crippen molar-refractivity contribution in [2.24, 2.45) is 0 Å². The first-order chi connectivity index (χ1) is 10.6. The molecule has 3 rings (SSSR count). The Labute approximate surface area is 124 Å². The summed E-state index contributed by atoms with van der Waals surface area (Å²) >= 11 is 0. The molecule has 2 N–H and O–H groups in total. The minimum Gasteiger partial charge on any atom is -0.392 e. The van der Waals surface area contributed by atoms with Gasteiger partial charge in [-0.25, -0.2) is 14.5 Å². The van der Waals surface area contributed by atoms with Crippen molar-refractivity contribution >= 4 is 0 Å². The quantitative estimate of drug-likeness (QED) is 0.661. The average Bonchev–Trinajstić information content (AvgIpc) is 3.15. The zero-order valence-electron chi connectivity index (χ0n) is 11.4. The molecule has 1 aliphatic heterocycles. The molecule has 0 aromatic carbocycles. The van der Waals surface area contributed by atoms with Gasteiger partial charge in [0.2, 0.25) is 0 Å². The molecule has 1 unspecified atom stereocenters. The Balaban J connectivity index is 1.91. The largest absolute Gasteiger partial charge is 0.392 e. The Bertz CT molecular complexity index is 765. The summed E-state index contributed by atoms with van der Waals surface area (Å²) in [6, 6.07) is 1.56. The molecule has 0 amide bonds. The highest BCUT2D eigenvalue weighted by Crippen LogP contribution is 2.35. The highest BCUT2D eigenvalue weighted by atomic mass is 16.6. The van der Waals surface area contributed by atoms with Crippen LogP contribution in [0.5, 0.6) is 0 Å². The maximum absolute atomic E-state index is 12.1. The number of hydrogen-bond acceptors (Lipinski definition) is 7. The number of aromatic nitrogens is 5. The number of ether oxygens (including phenoxy) is 1. The lowest BCUT2D eigenvalue weighted by Gasteiger charge is -2.23. The van der Waals surface area contributed by atoms with E-state index in [9.17, 15) is 15.0 Å². The second-order valence-corrected chi connectivity index (χ2v) is 4.83. The lowest BCUT2D eigenvalue weighted by molar-refractivity contribution is -0.0912. The van der Waals surface area contributed by atoms with E-state index in [0.717, 1.165) is 0 Å². The fourth-order valence-corrected chi connectivity index (χ4v) is 2.32. The molecule has 1 fully saturated rings. The van der Waals surface area contributed by atoms with Gasteiger partial charge in [-0.15, -0.1) is 6.42 Å². The molecule has 3 heterocycles. The molecule has 2 aromatic heterocycles. The van der Waals surface area contributed by atoms with Gasteiger partial charge in [0.1, 0.15) is 25.0 Å². The Morgan fingerprint density at radius 2 is 2.41 bits per heavy atom. The van der Waals surface area contributed by atoms with Gasteiger partial charge in [0.05, 0.1) is 6.61 Å².